The fourth-order valence-corrected chi connectivity index (χ4v) is 2.26. The van der Waals surface area contributed by atoms with Crippen LogP contribution >= 0.6 is 22.9 Å². The van der Waals surface area contributed by atoms with Gasteiger partial charge in [-0.15, -0.1) is 11.3 Å². The molecule has 2 aromatic heterocycles. The summed E-state index contributed by atoms with van der Waals surface area (Å²) in [6.45, 7) is 0.128. The van der Waals surface area contributed by atoms with Crippen LogP contribution in [0.4, 0.5) is 4.39 Å². The maximum absolute atomic E-state index is 13.2. The number of nitrogens with one attached hydrogen (secondary N) is 1. The third kappa shape index (κ3) is 2.48. The molecule has 0 radical (unpaired) electrons. The van der Waals surface area contributed by atoms with Gasteiger partial charge < -0.3 is 0 Å². The van der Waals surface area contributed by atoms with Crippen molar-refractivity contribution in [3.05, 3.63) is 54.2 Å². The number of aromatic amines is 1. The van der Waals surface area contributed by atoms with Crippen LogP contribution < -0.4 is 11.2 Å². The molecule has 0 spiro atoms. The molecular weight excluding hydrogens is 267 g/mol. The quantitative estimate of drug-likeness (QED) is 0.865. The van der Waals surface area contributed by atoms with Gasteiger partial charge >= 0.3 is 5.69 Å². The Hall–Kier alpha value is -1.40. The van der Waals surface area contributed by atoms with Crippen LogP contribution in [0.25, 0.3) is 0 Å². The lowest BCUT2D eigenvalue weighted by atomic mass is 10.3. The van der Waals surface area contributed by atoms with Gasteiger partial charge in [-0.3, -0.25) is 14.3 Å². The van der Waals surface area contributed by atoms with E-state index in [0.29, 0.717) is 6.42 Å². The van der Waals surface area contributed by atoms with Crippen LogP contribution in [0.15, 0.2) is 27.1 Å². The molecule has 17 heavy (non-hydrogen) atoms. The fourth-order valence-electron chi connectivity index (χ4n) is 1.40. The van der Waals surface area contributed by atoms with Crippen molar-refractivity contribution in [1.82, 2.24) is 9.55 Å². The predicted octanol–water partition coefficient (Wildman–Crippen LogP) is 1.63. The topological polar surface area (TPSA) is 54.9 Å². The number of nitrogens with zero attached hydrogens (tertiary/aromatic N) is 1. The van der Waals surface area contributed by atoms with Crippen molar-refractivity contribution in [3.63, 3.8) is 0 Å². The molecule has 90 valence electrons. The maximum Gasteiger partial charge on any atom is 0.329 e. The van der Waals surface area contributed by atoms with Gasteiger partial charge in [0.05, 0.1) is 0 Å². The van der Waals surface area contributed by atoms with Gasteiger partial charge in [0.15, 0.2) is 5.15 Å². The van der Waals surface area contributed by atoms with E-state index in [2.05, 4.69) is 4.98 Å². The molecule has 2 aromatic rings. The molecular formula is C10H8ClFN2O2S. The number of aromatic nitrogens is 2. The first-order chi connectivity index (χ1) is 8.09. The highest BCUT2D eigenvalue weighted by atomic mass is 35.5. The first kappa shape index (κ1) is 12.1. The second kappa shape index (κ2) is 4.85. The number of halogens is 2. The van der Waals surface area contributed by atoms with E-state index >= 15 is 0 Å². The van der Waals surface area contributed by atoms with Crippen molar-refractivity contribution in [2.45, 2.75) is 13.0 Å². The number of H-pyrrole nitrogens is 1. The molecule has 0 aliphatic rings. The van der Waals surface area contributed by atoms with E-state index in [1.807, 2.05) is 17.5 Å². The highest BCUT2D eigenvalue weighted by Crippen LogP contribution is 2.09. The van der Waals surface area contributed by atoms with Crippen LogP contribution in [-0.2, 0) is 13.0 Å². The summed E-state index contributed by atoms with van der Waals surface area (Å²) in [6, 6.07) is 3.76. The monoisotopic (exact) mass is 274 g/mol. The largest absolute Gasteiger partial charge is 0.329 e. The summed E-state index contributed by atoms with van der Waals surface area (Å²) in [5.74, 6) is -1.13. The molecule has 0 saturated carbocycles. The minimum absolute atomic E-state index is 0.128. The number of hydrogen-bond acceptors (Lipinski definition) is 3. The van der Waals surface area contributed by atoms with Crippen molar-refractivity contribution in [1.29, 1.82) is 0 Å². The lowest BCUT2D eigenvalue weighted by Crippen LogP contribution is -2.37. The van der Waals surface area contributed by atoms with Gasteiger partial charge in [-0.2, -0.15) is 4.39 Å². The zero-order chi connectivity index (χ0) is 12.4. The first-order valence-electron chi connectivity index (χ1n) is 4.80. The Balaban J connectivity index is 2.31. The molecule has 1 N–H and O–H groups in total. The molecule has 4 nitrogen and oxygen atoms in total. The van der Waals surface area contributed by atoms with E-state index in [4.69, 9.17) is 11.6 Å². The highest BCUT2D eigenvalue weighted by Gasteiger charge is 2.11. The van der Waals surface area contributed by atoms with Crippen LogP contribution in [0.1, 0.15) is 4.88 Å². The maximum atomic E-state index is 13.2. The van der Waals surface area contributed by atoms with Crippen molar-refractivity contribution < 1.29 is 4.39 Å². The molecule has 0 aromatic carbocycles. The molecule has 7 heteroatoms. The van der Waals surface area contributed by atoms with Crippen molar-refractivity contribution in [2.75, 3.05) is 0 Å². The van der Waals surface area contributed by atoms with Crippen molar-refractivity contribution in [3.8, 4) is 0 Å². The molecule has 0 bridgehead atoms. The standard InChI is InChI=1S/C10H8ClFN2O2S/c11-8-7(12)9(15)14(10(16)13-8)4-3-6-2-1-5-17-6/h1-2,5H,3-4H2,(H,13,16). The zero-order valence-electron chi connectivity index (χ0n) is 8.57. The van der Waals surface area contributed by atoms with Crippen LogP contribution in [-0.4, -0.2) is 9.55 Å². The Morgan fingerprint density at radius 2 is 2.24 bits per heavy atom. The first-order valence-corrected chi connectivity index (χ1v) is 6.06. The van der Waals surface area contributed by atoms with Gasteiger partial charge in [-0.25, -0.2) is 4.79 Å². The molecule has 2 heterocycles. The van der Waals surface area contributed by atoms with Gasteiger partial charge in [0.2, 0.25) is 5.82 Å². The Labute approximate surface area is 104 Å². The van der Waals surface area contributed by atoms with Crippen LogP contribution in [0.5, 0.6) is 0 Å². The summed E-state index contributed by atoms with van der Waals surface area (Å²) in [5.41, 5.74) is -1.69. The Morgan fingerprint density at radius 3 is 2.88 bits per heavy atom. The predicted molar refractivity (Wildman–Crippen MR) is 64.3 cm³/mol. The van der Waals surface area contributed by atoms with E-state index in [1.165, 1.54) is 11.3 Å². The second-order valence-electron chi connectivity index (χ2n) is 3.34. The van der Waals surface area contributed by atoms with Gasteiger partial charge in [0, 0.05) is 11.4 Å². The molecule has 0 atom stereocenters. The lowest BCUT2D eigenvalue weighted by Gasteiger charge is -2.03. The number of thiophene rings is 1. The SMILES string of the molecule is O=c1[nH]c(Cl)c(F)c(=O)n1CCc1cccs1. The molecule has 2 rings (SSSR count). The van der Waals surface area contributed by atoms with Gasteiger partial charge in [-0.05, 0) is 17.9 Å². The van der Waals surface area contributed by atoms with Crippen LogP contribution in [0.2, 0.25) is 5.15 Å². The summed E-state index contributed by atoms with van der Waals surface area (Å²) in [6.07, 6.45) is 0.502. The minimum Gasteiger partial charge on any atom is -0.295 e. The van der Waals surface area contributed by atoms with Gasteiger partial charge in [0.1, 0.15) is 0 Å². The Morgan fingerprint density at radius 1 is 1.47 bits per heavy atom. The number of rotatable bonds is 3. The number of aryl methyl sites for hydroxylation is 1. The summed E-state index contributed by atoms with van der Waals surface area (Å²) < 4.78 is 14.0. The Kier molecular flexibility index (Phi) is 3.44. The van der Waals surface area contributed by atoms with Crippen LogP contribution in [0.3, 0.4) is 0 Å². The summed E-state index contributed by atoms with van der Waals surface area (Å²) >= 11 is 6.86. The Bertz CT molecular complexity index is 633. The average molecular weight is 275 g/mol. The van der Waals surface area contributed by atoms with E-state index in [9.17, 15) is 14.0 Å². The summed E-state index contributed by atoms with van der Waals surface area (Å²) in [7, 11) is 0. The lowest BCUT2D eigenvalue weighted by molar-refractivity contribution is 0.540. The molecule has 0 aliphatic heterocycles. The summed E-state index contributed by atoms with van der Waals surface area (Å²) in [4.78, 5) is 26.0. The van der Waals surface area contributed by atoms with Gasteiger partial charge in [-0.1, -0.05) is 17.7 Å². The normalized spacial score (nSPS) is 10.7. The van der Waals surface area contributed by atoms with E-state index < -0.39 is 22.2 Å². The van der Waals surface area contributed by atoms with Crippen molar-refractivity contribution >= 4 is 22.9 Å². The van der Waals surface area contributed by atoms with Crippen LogP contribution in [0, 0.1) is 5.82 Å². The van der Waals surface area contributed by atoms with E-state index in [-0.39, 0.29) is 6.54 Å². The molecule has 0 unspecified atom stereocenters. The summed E-state index contributed by atoms with van der Waals surface area (Å²) in [5, 5.41) is 1.34. The average Bonchev–Trinajstić information content (AvgIpc) is 2.79. The molecule has 0 fully saturated rings. The molecule has 0 amide bonds. The van der Waals surface area contributed by atoms with E-state index in [1.54, 1.807) is 0 Å². The molecule has 0 aliphatic carbocycles. The minimum atomic E-state index is -1.13. The number of hydrogen-bond donors (Lipinski definition) is 1. The smallest absolute Gasteiger partial charge is 0.295 e. The third-order valence-electron chi connectivity index (χ3n) is 2.25. The molecule has 0 saturated heterocycles. The zero-order valence-corrected chi connectivity index (χ0v) is 10.1. The fraction of sp³-hybridized carbons (Fsp3) is 0.200. The van der Waals surface area contributed by atoms with E-state index in [0.717, 1.165) is 9.44 Å². The second-order valence-corrected chi connectivity index (χ2v) is 4.75. The van der Waals surface area contributed by atoms with Crippen molar-refractivity contribution in [2.24, 2.45) is 0 Å². The third-order valence-corrected chi connectivity index (χ3v) is 3.45. The van der Waals surface area contributed by atoms with Gasteiger partial charge in [0.25, 0.3) is 5.56 Å². The highest BCUT2D eigenvalue weighted by molar-refractivity contribution is 7.09.